The molecule has 1 aromatic rings. The minimum atomic E-state index is 0.661. The highest BCUT2D eigenvalue weighted by Gasteiger charge is 2.21. The van der Waals surface area contributed by atoms with E-state index in [4.69, 9.17) is 0 Å². The lowest BCUT2D eigenvalue weighted by Crippen LogP contribution is -2.36. The summed E-state index contributed by atoms with van der Waals surface area (Å²) in [6.07, 6.45) is 1.32. The van der Waals surface area contributed by atoms with Crippen LogP contribution in [0.4, 0.5) is 0 Å². The van der Waals surface area contributed by atoms with E-state index >= 15 is 0 Å². The normalized spacial score (nSPS) is 26.0. The van der Waals surface area contributed by atoms with Crippen LogP contribution < -0.4 is 10.6 Å². The van der Waals surface area contributed by atoms with Gasteiger partial charge in [-0.2, -0.15) is 0 Å². The van der Waals surface area contributed by atoms with Crippen LogP contribution in [0.5, 0.6) is 0 Å². The van der Waals surface area contributed by atoms with Crippen molar-refractivity contribution in [2.45, 2.75) is 25.9 Å². The molecular formula is C11H17BrN2S. The van der Waals surface area contributed by atoms with Crippen molar-refractivity contribution in [1.29, 1.82) is 0 Å². The van der Waals surface area contributed by atoms with Crippen LogP contribution >= 0.6 is 27.3 Å². The second-order valence-corrected chi connectivity index (χ2v) is 6.71. The smallest absolute Gasteiger partial charge is 0.0701 e. The summed E-state index contributed by atoms with van der Waals surface area (Å²) in [5, 5.41) is 7.04. The Kier molecular flexibility index (Phi) is 4.20. The summed E-state index contributed by atoms with van der Waals surface area (Å²) in [7, 11) is 0. The van der Waals surface area contributed by atoms with E-state index in [1.54, 1.807) is 11.3 Å². The zero-order valence-corrected chi connectivity index (χ0v) is 11.3. The first-order valence-corrected chi connectivity index (χ1v) is 7.05. The lowest BCUT2D eigenvalue weighted by Gasteiger charge is -2.15. The van der Waals surface area contributed by atoms with E-state index in [1.165, 1.54) is 21.6 Å². The summed E-state index contributed by atoms with van der Waals surface area (Å²) in [5.41, 5.74) is 0. The Morgan fingerprint density at radius 3 is 3.07 bits per heavy atom. The van der Waals surface area contributed by atoms with E-state index in [9.17, 15) is 0 Å². The fraction of sp³-hybridized carbons (Fsp3) is 0.636. The monoisotopic (exact) mass is 288 g/mol. The Morgan fingerprint density at radius 2 is 2.47 bits per heavy atom. The Labute approximate surface area is 104 Å². The van der Waals surface area contributed by atoms with Gasteiger partial charge in [-0.25, -0.2) is 0 Å². The fourth-order valence-electron chi connectivity index (χ4n) is 1.97. The number of hydrogen-bond donors (Lipinski definition) is 2. The minimum absolute atomic E-state index is 0.661. The first-order chi connectivity index (χ1) is 7.25. The van der Waals surface area contributed by atoms with E-state index in [2.05, 4.69) is 45.6 Å². The minimum Gasteiger partial charge on any atom is -0.312 e. The third-order valence-corrected chi connectivity index (χ3v) is 4.61. The van der Waals surface area contributed by atoms with Gasteiger partial charge in [0.1, 0.15) is 0 Å². The Morgan fingerprint density at radius 1 is 1.60 bits per heavy atom. The Hall–Kier alpha value is 0.1000. The highest BCUT2D eigenvalue weighted by molar-refractivity contribution is 9.11. The largest absolute Gasteiger partial charge is 0.312 e. The second-order valence-electron chi connectivity index (χ2n) is 4.16. The molecule has 0 radical (unpaired) electrons. The molecule has 2 N–H and O–H groups in total. The highest BCUT2D eigenvalue weighted by Crippen LogP contribution is 2.21. The average molecular weight is 289 g/mol. The van der Waals surface area contributed by atoms with E-state index in [1.807, 2.05) is 0 Å². The number of halogens is 1. The molecule has 0 bridgehead atoms. The molecule has 0 saturated carbocycles. The number of hydrogen-bond acceptors (Lipinski definition) is 3. The predicted octanol–water partition coefficient (Wildman–Crippen LogP) is 2.60. The summed E-state index contributed by atoms with van der Waals surface area (Å²) >= 11 is 5.28. The molecule has 1 aliphatic heterocycles. The van der Waals surface area contributed by atoms with Gasteiger partial charge in [0.05, 0.1) is 3.79 Å². The summed E-state index contributed by atoms with van der Waals surface area (Å²) in [5.74, 6) is 0.813. The summed E-state index contributed by atoms with van der Waals surface area (Å²) in [4.78, 5) is 1.40. The molecule has 1 saturated heterocycles. The zero-order valence-electron chi connectivity index (χ0n) is 8.92. The molecule has 0 aromatic carbocycles. The van der Waals surface area contributed by atoms with Gasteiger partial charge in [0.2, 0.25) is 0 Å². The number of rotatable bonds is 4. The zero-order chi connectivity index (χ0) is 10.7. The van der Waals surface area contributed by atoms with Crippen molar-refractivity contribution in [3.05, 3.63) is 20.8 Å². The van der Waals surface area contributed by atoms with Crippen LogP contribution in [-0.2, 0) is 6.54 Å². The maximum Gasteiger partial charge on any atom is 0.0701 e. The molecule has 4 heteroatoms. The Balaban J connectivity index is 1.70. The SMILES string of the molecule is CC1CCNC1CNCc1ccc(Br)s1. The van der Waals surface area contributed by atoms with Gasteiger partial charge in [-0.1, -0.05) is 6.92 Å². The van der Waals surface area contributed by atoms with Crippen LogP contribution in [0, 0.1) is 5.92 Å². The summed E-state index contributed by atoms with van der Waals surface area (Å²) in [6.45, 7) is 5.57. The Bertz CT molecular complexity index is 313. The maximum absolute atomic E-state index is 3.53. The van der Waals surface area contributed by atoms with E-state index in [-0.39, 0.29) is 0 Å². The van der Waals surface area contributed by atoms with Crippen LogP contribution in [0.2, 0.25) is 0 Å². The molecule has 0 aliphatic carbocycles. The topological polar surface area (TPSA) is 24.1 Å². The van der Waals surface area contributed by atoms with Gasteiger partial charge in [-0.15, -0.1) is 11.3 Å². The highest BCUT2D eigenvalue weighted by atomic mass is 79.9. The van der Waals surface area contributed by atoms with E-state index in [0.29, 0.717) is 6.04 Å². The van der Waals surface area contributed by atoms with Crippen LogP contribution in [-0.4, -0.2) is 19.1 Å². The van der Waals surface area contributed by atoms with Gasteiger partial charge in [0, 0.05) is 24.0 Å². The van der Waals surface area contributed by atoms with Crippen LogP contribution in [0.3, 0.4) is 0 Å². The first-order valence-electron chi connectivity index (χ1n) is 5.44. The third kappa shape index (κ3) is 3.28. The van der Waals surface area contributed by atoms with E-state index in [0.717, 1.165) is 19.0 Å². The second kappa shape index (κ2) is 5.43. The van der Waals surface area contributed by atoms with Gasteiger partial charge in [0.25, 0.3) is 0 Å². The molecule has 2 unspecified atom stereocenters. The molecule has 0 amide bonds. The third-order valence-electron chi connectivity index (χ3n) is 2.99. The van der Waals surface area contributed by atoms with Gasteiger partial charge in [0.15, 0.2) is 0 Å². The summed E-state index contributed by atoms with van der Waals surface area (Å²) < 4.78 is 1.21. The predicted molar refractivity (Wildman–Crippen MR) is 69.3 cm³/mol. The molecule has 2 rings (SSSR count). The molecule has 15 heavy (non-hydrogen) atoms. The fourth-order valence-corrected chi connectivity index (χ4v) is 3.42. The van der Waals surface area contributed by atoms with Gasteiger partial charge >= 0.3 is 0 Å². The molecular weight excluding hydrogens is 272 g/mol. The average Bonchev–Trinajstić information content (AvgIpc) is 2.77. The first kappa shape index (κ1) is 11.6. The van der Waals surface area contributed by atoms with Crippen LogP contribution in [0.1, 0.15) is 18.2 Å². The number of thiophene rings is 1. The van der Waals surface area contributed by atoms with E-state index < -0.39 is 0 Å². The molecule has 1 aliphatic rings. The summed E-state index contributed by atoms with van der Waals surface area (Å²) in [6, 6.07) is 4.94. The van der Waals surface area contributed by atoms with Crippen molar-refractivity contribution in [2.75, 3.05) is 13.1 Å². The van der Waals surface area contributed by atoms with Crippen LogP contribution in [0.25, 0.3) is 0 Å². The van der Waals surface area contributed by atoms with Crippen LogP contribution in [0.15, 0.2) is 15.9 Å². The quantitative estimate of drug-likeness (QED) is 0.890. The standard InChI is InChI=1S/C11H17BrN2S/c1-8-4-5-14-10(8)7-13-6-9-2-3-11(12)15-9/h2-3,8,10,13-14H,4-7H2,1H3. The van der Waals surface area contributed by atoms with Crippen molar-refractivity contribution >= 4 is 27.3 Å². The molecule has 2 nitrogen and oxygen atoms in total. The molecule has 2 heterocycles. The molecule has 84 valence electrons. The molecule has 0 spiro atoms. The van der Waals surface area contributed by atoms with Gasteiger partial charge < -0.3 is 10.6 Å². The molecule has 1 fully saturated rings. The van der Waals surface area contributed by atoms with Crippen molar-refractivity contribution in [3.8, 4) is 0 Å². The van der Waals surface area contributed by atoms with Crippen molar-refractivity contribution in [2.24, 2.45) is 5.92 Å². The molecule has 1 aromatic heterocycles. The lowest BCUT2D eigenvalue weighted by atomic mass is 10.0. The van der Waals surface area contributed by atoms with Gasteiger partial charge in [-0.05, 0) is 46.9 Å². The van der Waals surface area contributed by atoms with Crippen molar-refractivity contribution in [3.63, 3.8) is 0 Å². The lowest BCUT2D eigenvalue weighted by molar-refractivity contribution is 0.449. The number of nitrogens with one attached hydrogen (secondary N) is 2. The molecule has 2 atom stereocenters. The van der Waals surface area contributed by atoms with Crippen molar-refractivity contribution in [1.82, 2.24) is 10.6 Å². The maximum atomic E-state index is 3.53. The van der Waals surface area contributed by atoms with Gasteiger partial charge in [-0.3, -0.25) is 0 Å². The van der Waals surface area contributed by atoms with Crippen molar-refractivity contribution < 1.29 is 0 Å².